The van der Waals surface area contributed by atoms with Crippen LogP contribution in [0.2, 0.25) is 0 Å². The molecular formula is C15H11Cl2N. The molecular weight excluding hydrogens is 265 g/mol. The molecule has 0 aliphatic heterocycles. The van der Waals surface area contributed by atoms with Crippen LogP contribution < -0.4 is 0 Å². The minimum Gasteiger partial charge on any atom is -0.263 e. The van der Waals surface area contributed by atoms with Crippen molar-refractivity contribution in [1.82, 2.24) is 4.98 Å². The number of benzene rings is 3. The van der Waals surface area contributed by atoms with Crippen LogP contribution in [0.1, 0.15) is 0 Å². The van der Waals surface area contributed by atoms with Crippen molar-refractivity contribution < 1.29 is 0 Å². The van der Waals surface area contributed by atoms with E-state index in [2.05, 4.69) is 47.4 Å². The highest BCUT2D eigenvalue weighted by Gasteiger charge is 2.06. The Bertz CT molecular complexity index is 681. The summed E-state index contributed by atoms with van der Waals surface area (Å²) in [4.78, 5) is 4.27. The molecule has 0 aliphatic carbocycles. The van der Waals surface area contributed by atoms with Gasteiger partial charge < -0.3 is 0 Å². The average Bonchev–Trinajstić information content (AvgIpc) is 2.36. The SMILES string of the molecule is Cl.Cl.c1cc2ccc3cncc4ccc(c1)c2c34. The number of aromatic nitrogens is 1. The third-order valence-electron chi connectivity index (χ3n) is 3.27. The molecule has 0 saturated carbocycles. The second-order valence-corrected chi connectivity index (χ2v) is 4.17. The fourth-order valence-corrected chi connectivity index (χ4v) is 2.55. The van der Waals surface area contributed by atoms with Gasteiger partial charge in [0.05, 0.1) is 0 Å². The number of hydrogen-bond donors (Lipinski definition) is 0. The van der Waals surface area contributed by atoms with E-state index in [0.717, 1.165) is 0 Å². The maximum Gasteiger partial charge on any atom is 0.0347 e. The Morgan fingerprint density at radius 2 is 1.00 bits per heavy atom. The van der Waals surface area contributed by atoms with Gasteiger partial charge >= 0.3 is 0 Å². The normalized spacial score (nSPS) is 10.4. The molecule has 4 aromatic rings. The highest BCUT2D eigenvalue weighted by Crippen LogP contribution is 2.33. The van der Waals surface area contributed by atoms with Crippen molar-refractivity contribution in [2.24, 2.45) is 0 Å². The average molecular weight is 276 g/mol. The first-order valence-electron chi connectivity index (χ1n) is 5.41. The Morgan fingerprint density at radius 3 is 1.56 bits per heavy atom. The fraction of sp³-hybridized carbons (Fsp3) is 0. The molecule has 1 nitrogen and oxygen atoms in total. The monoisotopic (exact) mass is 275 g/mol. The summed E-state index contributed by atoms with van der Waals surface area (Å²) in [6.07, 6.45) is 3.88. The molecule has 0 aliphatic rings. The fourth-order valence-electron chi connectivity index (χ4n) is 2.55. The number of halogens is 2. The largest absolute Gasteiger partial charge is 0.263 e. The van der Waals surface area contributed by atoms with Crippen molar-refractivity contribution in [1.29, 1.82) is 0 Å². The van der Waals surface area contributed by atoms with E-state index in [9.17, 15) is 0 Å². The van der Waals surface area contributed by atoms with E-state index in [1.165, 1.54) is 32.3 Å². The first kappa shape index (κ1) is 12.9. The van der Waals surface area contributed by atoms with Crippen molar-refractivity contribution in [2.75, 3.05) is 0 Å². The lowest BCUT2D eigenvalue weighted by molar-refractivity contribution is 1.39. The summed E-state index contributed by atoms with van der Waals surface area (Å²) in [5.74, 6) is 0. The van der Waals surface area contributed by atoms with Crippen molar-refractivity contribution in [3.8, 4) is 0 Å². The summed E-state index contributed by atoms with van der Waals surface area (Å²) in [5.41, 5.74) is 0. The molecule has 1 heterocycles. The highest BCUT2D eigenvalue weighted by molar-refractivity contribution is 6.22. The van der Waals surface area contributed by atoms with Crippen LogP contribution >= 0.6 is 24.8 Å². The van der Waals surface area contributed by atoms with E-state index in [0.29, 0.717) is 0 Å². The Labute approximate surface area is 117 Å². The second-order valence-electron chi connectivity index (χ2n) is 4.17. The maximum atomic E-state index is 4.27. The molecule has 18 heavy (non-hydrogen) atoms. The quantitative estimate of drug-likeness (QED) is 0.419. The summed E-state index contributed by atoms with van der Waals surface area (Å²) in [5, 5.41) is 7.76. The Hall–Kier alpha value is -1.57. The standard InChI is InChI=1S/C15H9N.2ClH/c1-2-10-4-6-12-8-16-9-13-7-5-11(3-1)14(10)15(12)13;;/h1-9H;2*1H. The molecule has 4 rings (SSSR count). The molecule has 0 radical (unpaired) electrons. The summed E-state index contributed by atoms with van der Waals surface area (Å²) < 4.78 is 0. The molecule has 0 bridgehead atoms. The third-order valence-corrected chi connectivity index (χ3v) is 3.27. The molecule has 3 heteroatoms. The smallest absolute Gasteiger partial charge is 0.0347 e. The number of nitrogens with zero attached hydrogens (tertiary/aromatic N) is 1. The molecule has 0 amide bonds. The Kier molecular flexibility index (Phi) is 3.29. The topological polar surface area (TPSA) is 12.9 Å². The van der Waals surface area contributed by atoms with Crippen LogP contribution in [0.4, 0.5) is 0 Å². The van der Waals surface area contributed by atoms with Gasteiger partial charge in [-0.05, 0) is 16.2 Å². The second kappa shape index (κ2) is 4.60. The van der Waals surface area contributed by atoms with E-state index >= 15 is 0 Å². The van der Waals surface area contributed by atoms with Gasteiger partial charge in [0, 0.05) is 28.6 Å². The minimum absolute atomic E-state index is 0. The van der Waals surface area contributed by atoms with Gasteiger partial charge in [-0.25, -0.2) is 0 Å². The van der Waals surface area contributed by atoms with Gasteiger partial charge in [0.2, 0.25) is 0 Å². The molecule has 0 unspecified atom stereocenters. The summed E-state index contributed by atoms with van der Waals surface area (Å²) in [7, 11) is 0. The predicted molar refractivity (Wildman–Crippen MR) is 82.4 cm³/mol. The lowest BCUT2D eigenvalue weighted by atomic mass is 9.96. The highest BCUT2D eigenvalue weighted by atomic mass is 35.5. The van der Waals surface area contributed by atoms with Gasteiger partial charge in [-0.3, -0.25) is 4.98 Å². The summed E-state index contributed by atoms with van der Waals surface area (Å²) in [6.45, 7) is 0. The van der Waals surface area contributed by atoms with Gasteiger partial charge in [0.1, 0.15) is 0 Å². The molecule has 0 atom stereocenters. The zero-order chi connectivity index (χ0) is 10.5. The van der Waals surface area contributed by atoms with E-state index in [1.807, 2.05) is 12.4 Å². The summed E-state index contributed by atoms with van der Waals surface area (Å²) in [6, 6.07) is 15.1. The van der Waals surface area contributed by atoms with Crippen molar-refractivity contribution >= 4 is 57.1 Å². The van der Waals surface area contributed by atoms with Crippen LogP contribution in [-0.4, -0.2) is 4.98 Å². The van der Waals surface area contributed by atoms with Crippen molar-refractivity contribution in [3.63, 3.8) is 0 Å². The molecule has 0 spiro atoms. The summed E-state index contributed by atoms with van der Waals surface area (Å²) >= 11 is 0. The van der Waals surface area contributed by atoms with Gasteiger partial charge in [0.15, 0.2) is 0 Å². The third kappa shape index (κ3) is 1.59. The predicted octanol–water partition coefficient (Wildman–Crippen LogP) is 4.82. The zero-order valence-electron chi connectivity index (χ0n) is 9.46. The van der Waals surface area contributed by atoms with Crippen molar-refractivity contribution in [3.05, 3.63) is 54.9 Å². The van der Waals surface area contributed by atoms with Gasteiger partial charge in [-0.15, -0.1) is 24.8 Å². The first-order valence-corrected chi connectivity index (χ1v) is 5.41. The van der Waals surface area contributed by atoms with E-state index in [4.69, 9.17) is 0 Å². The van der Waals surface area contributed by atoms with Gasteiger partial charge in [-0.2, -0.15) is 0 Å². The molecule has 0 fully saturated rings. The van der Waals surface area contributed by atoms with Gasteiger partial charge in [-0.1, -0.05) is 42.5 Å². The van der Waals surface area contributed by atoms with Crippen LogP contribution in [0.5, 0.6) is 0 Å². The van der Waals surface area contributed by atoms with E-state index in [1.54, 1.807) is 0 Å². The molecule has 90 valence electrons. The number of rotatable bonds is 0. The van der Waals surface area contributed by atoms with Crippen LogP contribution in [0, 0.1) is 0 Å². The van der Waals surface area contributed by atoms with Crippen LogP contribution in [0.3, 0.4) is 0 Å². The molecule has 0 saturated heterocycles. The molecule has 1 aromatic heterocycles. The number of hydrogen-bond acceptors (Lipinski definition) is 1. The first-order chi connectivity index (χ1) is 7.93. The van der Waals surface area contributed by atoms with Crippen LogP contribution in [0.25, 0.3) is 32.3 Å². The Morgan fingerprint density at radius 1 is 0.556 bits per heavy atom. The minimum atomic E-state index is 0. The zero-order valence-corrected chi connectivity index (χ0v) is 11.1. The maximum absolute atomic E-state index is 4.27. The number of pyridine rings is 1. The molecule has 0 N–H and O–H groups in total. The van der Waals surface area contributed by atoms with E-state index in [-0.39, 0.29) is 24.8 Å². The van der Waals surface area contributed by atoms with Gasteiger partial charge in [0.25, 0.3) is 0 Å². The lowest BCUT2D eigenvalue weighted by Crippen LogP contribution is -1.84. The molecule has 3 aromatic carbocycles. The lowest BCUT2D eigenvalue weighted by Gasteiger charge is -2.09. The van der Waals surface area contributed by atoms with E-state index < -0.39 is 0 Å². The van der Waals surface area contributed by atoms with Crippen LogP contribution in [0.15, 0.2) is 54.9 Å². The van der Waals surface area contributed by atoms with Crippen molar-refractivity contribution in [2.45, 2.75) is 0 Å². The Balaban J connectivity index is 0.000000602. The van der Waals surface area contributed by atoms with Crippen LogP contribution in [-0.2, 0) is 0 Å².